The van der Waals surface area contributed by atoms with Crippen molar-refractivity contribution in [2.45, 2.75) is 0 Å². The van der Waals surface area contributed by atoms with Gasteiger partial charge in [-0.3, -0.25) is 30.3 Å². The minimum Gasteiger partial charge on any atom is -0.490 e. The lowest BCUT2D eigenvalue weighted by Crippen LogP contribution is -2.04. The molecular weight excluding hydrogens is 322 g/mol. The molecule has 0 amide bonds. The van der Waals surface area contributed by atoms with Crippen LogP contribution in [0.15, 0.2) is 10.2 Å². The Balaban J connectivity index is 4.36. The highest BCUT2D eigenvalue weighted by Crippen LogP contribution is 2.56. The van der Waals surface area contributed by atoms with Gasteiger partial charge >= 0.3 is 17.1 Å². The van der Waals surface area contributed by atoms with Crippen LogP contribution in [0, 0.1) is 30.3 Å². The molecule has 0 spiro atoms. The van der Waals surface area contributed by atoms with E-state index < -0.39 is 49.0 Å². The highest BCUT2D eigenvalue weighted by Gasteiger charge is 2.45. The minimum atomic E-state index is -1.57. The lowest BCUT2D eigenvalue weighted by molar-refractivity contribution is -0.440. The van der Waals surface area contributed by atoms with Gasteiger partial charge in [0.15, 0.2) is 0 Å². The van der Waals surface area contributed by atoms with E-state index in [0.29, 0.717) is 0 Å². The zero-order valence-corrected chi connectivity index (χ0v) is 10.9. The van der Waals surface area contributed by atoms with Crippen molar-refractivity contribution in [2.75, 3.05) is 7.11 Å². The van der Waals surface area contributed by atoms with E-state index >= 15 is 0 Å². The zero-order valence-electron chi connectivity index (χ0n) is 10.9. The monoisotopic (exact) mass is 325 g/mol. The predicted molar refractivity (Wildman–Crippen MR) is 70.6 cm³/mol. The second-order valence-electron chi connectivity index (χ2n) is 3.43. The molecule has 118 valence electrons. The molecule has 0 aliphatic rings. The molecule has 0 fully saturated rings. The number of azide groups is 2. The van der Waals surface area contributed by atoms with Crippen molar-refractivity contribution in [3.63, 3.8) is 0 Å². The maximum Gasteiger partial charge on any atom is 0.426 e. The Morgan fingerprint density at radius 3 is 1.65 bits per heavy atom. The molecule has 0 N–H and O–H groups in total. The van der Waals surface area contributed by atoms with E-state index in [2.05, 4.69) is 24.8 Å². The van der Waals surface area contributed by atoms with Gasteiger partial charge in [-0.15, -0.1) is 0 Å². The first-order chi connectivity index (χ1) is 10.8. The summed E-state index contributed by atoms with van der Waals surface area (Å²) in [6.07, 6.45) is 0. The summed E-state index contributed by atoms with van der Waals surface area (Å²) in [5, 5.41) is 39.0. The Labute approximate surface area is 123 Å². The van der Waals surface area contributed by atoms with Gasteiger partial charge in [0, 0.05) is 9.82 Å². The molecule has 23 heavy (non-hydrogen) atoms. The van der Waals surface area contributed by atoms with Crippen LogP contribution in [-0.4, -0.2) is 21.9 Å². The Hall–Kier alpha value is -4.16. The van der Waals surface area contributed by atoms with Gasteiger partial charge in [-0.25, -0.2) is 0 Å². The van der Waals surface area contributed by atoms with Gasteiger partial charge in [-0.1, -0.05) is 10.2 Å². The molecule has 0 saturated heterocycles. The zero-order chi connectivity index (χ0) is 17.7. The van der Waals surface area contributed by atoms with Gasteiger partial charge < -0.3 is 4.74 Å². The highest BCUT2D eigenvalue weighted by molar-refractivity contribution is 5.92. The third-order valence-corrected chi connectivity index (χ3v) is 2.37. The fraction of sp³-hybridized carbons (Fsp3) is 0.143. The standard InChI is InChI=1S/C7H3N9O7/c1-23-7-3(11-13-9)2(10-12-8)4(14(17)18)5(15(19)20)6(7)16(21)22/h1H3. The minimum absolute atomic E-state index is 0.841. The molecule has 0 atom stereocenters. The number of rotatable bonds is 6. The number of hydrogen-bond donors (Lipinski definition) is 0. The van der Waals surface area contributed by atoms with Gasteiger partial charge in [0.25, 0.3) is 0 Å². The van der Waals surface area contributed by atoms with E-state index in [1.807, 2.05) is 0 Å². The molecular formula is C7H3N9O7. The van der Waals surface area contributed by atoms with Crippen LogP contribution in [0.25, 0.3) is 20.9 Å². The number of ether oxygens (including phenoxy) is 1. The molecule has 0 saturated carbocycles. The predicted octanol–water partition coefficient (Wildman–Crippen LogP) is 3.30. The summed E-state index contributed by atoms with van der Waals surface area (Å²) in [5.41, 5.74) is 10.4. The lowest BCUT2D eigenvalue weighted by Gasteiger charge is -2.08. The van der Waals surface area contributed by atoms with Crippen LogP contribution < -0.4 is 4.74 Å². The van der Waals surface area contributed by atoms with E-state index in [4.69, 9.17) is 11.1 Å². The summed E-state index contributed by atoms with van der Waals surface area (Å²) in [6, 6.07) is 0. The van der Waals surface area contributed by atoms with Crippen LogP contribution in [-0.2, 0) is 0 Å². The Morgan fingerprint density at radius 2 is 1.30 bits per heavy atom. The van der Waals surface area contributed by atoms with Gasteiger partial charge in [-0.2, -0.15) is 0 Å². The number of benzene rings is 1. The molecule has 0 radical (unpaired) electrons. The van der Waals surface area contributed by atoms with Crippen LogP contribution >= 0.6 is 0 Å². The van der Waals surface area contributed by atoms with Crippen molar-refractivity contribution in [2.24, 2.45) is 10.2 Å². The largest absolute Gasteiger partial charge is 0.490 e. The third kappa shape index (κ3) is 2.82. The van der Waals surface area contributed by atoms with Crippen LogP contribution in [0.3, 0.4) is 0 Å². The normalized spacial score (nSPS) is 9.26. The van der Waals surface area contributed by atoms with Gasteiger partial charge in [0.05, 0.1) is 21.9 Å². The summed E-state index contributed by atoms with van der Waals surface area (Å²) in [7, 11) is 0.841. The Bertz CT molecular complexity index is 791. The van der Waals surface area contributed by atoms with Crippen LogP contribution in [0.1, 0.15) is 0 Å². The third-order valence-electron chi connectivity index (χ3n) is 2.37. The van der Waals surface area contributed by atoms with Crippen molar-refractivity contribution < 1.29 is 19.5 Å². The molecule has 16 nitrogen and oxygen atoms in total. The van der Waals surface area contributed by atoms with E-state index in [0.717, 1.165) is 7.11 Å². The summed E-state index contributed by atoms with van der Waals surface area (Å²) in [5.74, 6) is -0.951. The van der Waals surface area contributed by atoms with Crippen molar-refractivity contribution in [1.29, 1.82) is 0 Å². The summed E-state index contributed by atoms with van der Waals surface area (Å²) < 4.78 is 4.59. The van der Waals surface area contributed by atoms with Crippen LogP contribution in [0.4, 0.5) is 28.4 Å². The summed E-state index contributed by atoms with van der Waals surface area (Å²) in [6.45, 7) is 0. The van der Waals surface area contributed by atoms with Gasteiger partial charge in [0.1, 0.15) is 11.4 Å². The summed E-state index contributed by atoms with van der Waals surface area (Å²) >= 11 is 0. The van der Waals surface area contributed by atoms with Crippen molar-refractivity contribution >= 4 is 28.4 Å². The van der Waals surface area contributed by atoms with E-state index in [-0.39, 0.29) is 0 Å². The maximum absolute atomic E-state index is 11.1. The fourth-order valence-corrected chi connectivity index (χ4v) is 1.65. The quantitative estimate of drug-likeness (QED) is 0.248. The number of nitrogens with zero attached hydrogens (tertiary/aromatic N) is 9. The van der Waals surface area contributed by atoms with Gasteiger partial charge in [0.2, 0.25) is 5.75 Å². The molecule has 0 unspecified atom stereocenters. The Morgan fingerprint density at radius 1 is 0.870 bits per heavy atom. The smallest absolute Gasteiger partial charge is 0.426 e. The van der Waals surface area contributed by atoms with Crippen molar-refractivity contribution in [3.05, 3.63) is 51.2 Å². The average molecular weight is 325 g/mol. The molecule has 0 aliphatic heterocycles. The molecule has 1 aromatic carbocycles. The topological polar surface area (TPSA) is 236 Å². The number of methoxy groups -OCH3 is 1. The maximum atomic E-state index is 11.1. The summed E-state index contributed by atoms with van der Waals surface area (Å²) in [4.78, 5) is 33.6. The van der Waals surface area contributed by atoms with E-state index in [1.165, 1.54) is 0 Å². The van der Waals surface area contributed by atoms with Crippen molar-refractivity contribution in [1.82, 2.24) is 0 Å². The molecule has 1 aromatic rings. The number of nitro groups is 3. The first-order valence-electron chi connectivity index (χ1n) is 5.13. The number of nitro benzene ring substituents is 3. The number of hydrogen-bond acceptors (Lipinski definition) is 9. The van der Waals surface area contributed by atoms with Crippen LogP contribution in [0.2, 0.25) is 0 Å². The lowest BCUT2D eigenvalue weighted by atomic mass is 10.1. The second kappa shape index (κ2) is 6.53. The highest BCUT2D eigenvalue weighted by atomic mass is 16.7. The van der Waals surface area contributed by atoms with E-state index in [9.17, 15) is 30.3 Å². The second-order valence-corrected chi connectivity index (χ2v) is 3.43. The van der Waals surface area contributed by atoms with Crippen molar-refractivity contribution in [3.8, 4) is 5.75 Å². The SMILES string of the molecule is COc1c(N=[N+]=[N-])c(N=[N+]=[N-])c([N+](=O)[O-])c([N+](=O)[O-])c1[N+](=O)[O-]. The molecule has 0 aromatic heterocycles. The van der Waals surface area contributed by atoms with Gasteiger partial charge in [-0.05, 0) is 11.1 Å². The van der Waals surface area contributed by atoms with E-state index in [1.54, 1.807) is 0 Å². The average Bonchev–Trinajstić information content (AvgIpc) is 2.47. The molecule has 0 bridgehead atoms. The molecule has 16 heteroatoms. The molecule has 1 rings (SSSR count). The first-order valence-corrected chi connectivity index (χ1v) is 5.13. The first kappa shape index (κ1) is 16.9. The fourth-order valence-electron chi connectivity index (χ4n) is 1.65. The van der Waals surface area contributed by atoms with Crippen LogP contribution in [0.5, 0.6) is 5.75 Å². The molecule has 0 aliphatic carbocycles. The Kier molecular flexibility index (Phi) is 4.79. The molecule has 0 heterocycles.